The molecule has 1 heterocycles. The van der Waals surface area contributed by atoms with E-state index < -0.39 is 5.97 Å². The van der Waals surface area contributed by atoms with Crippen LogP contribution in [0.3, 0.4) is 0 Å². The third-order valence-corrected chi connectivity index (χ3v) is 2.34. The van der Waals surface area contributed by atoms with E-state index in [0.717, 1.165) is 0 Å². The lowest BCUT2D eigenvalue weighted by atomic mass is 10.3. The summed E-state index contributed by atoms with van der Waals surface area (Å²) >= 11 is 0. The number of aromatic nitrogens is 1. The molecule has 1 N–H and O–H groups in total. The van der Waals surface area contributed by atoms with Gasteiger partial charge in [-0.2, -0.15) is 4.98 Å². The Labute approximate surface area is 110 Å². The van der Waals surface area contributed by atoms with E-state index in [2.05, 4.69) is 10.3 Å². The maximum atomic E-state index is 11.4. The van der Waals surface area contributed by atoms with Crippen LogP contribution in [-0.4, -0.2) is 24.7 Å². The Morgan fingerprint density at radius 1 is 1.42 bits per heavy atom. The van der Waals surface area contributed by atoms with Gasteiger partial charge in [-0.25, -0.2) is 4.79 Å². The van der Waals surface area contributed by atoms with Crippen molar-refractivity contribution in [3.8, 4) is 5.75 Å². The molecule has 0 aliphatic heterocycles. The zero-order chi connectivity index (χ0) is 13.7. The van der Waals surface area contributed by atoms with Gasteiger partial charge < -0.3 is 19.2 Å². The number of carbonyl (C=O) groups excluding carboxylic acids is 1. The Hall–Kier alpha value is -2.50. The summed E-state index contributed by atoms with van der Waals surface area (Å²) in [5.41, 5.74) is 0.821. The molecule has 0 bridgehead atoms. The Morgan fingerprint density at radius 3 is 2.95 bits per heavy atom. The van der Waals surface area contributed by atoms with E-state index in [1.807, 2.05) is 18.2 Å². The SMILES string of the molecule is CCOC(=O)c1coc(Nc2ccccc2OC)n1. The molecule has 1 aromatic carbocycles. The second-order valence-electron chi connectivity index (χ2n) is 3.58. The van der Waals surface area contributed by atoms with Crippen molar-refractivity contribution in [1.29, 1.82) is 0 Å². The lowest BCUT2D eigenvalue weighted by Gasteiger charge is -2.07. The summed E-state index contributed by atoms with van der Waals surface area (Å²) in [6, 6.07) is 7.52. The minimum atomic E-state index is -0.515. The number of ether oxygens (including phenoxy) is 2. The number of methoxy groups -OCH3 is 1. The van der Waals surface area contributed by atoms with E-state index in [-0.39, 0.29) is 11.7 Å². The third kappa shape index (κ3) is 3.04. The molecule has 1 aromatic heterocycles. The lowest BCUT2D eigenvalue weighted by Crippen LogP contribution is -2.05. The molecule has 0 amide bonds. The lowest BCUT2D eigenvalue weighted by molar-refractivity contribution is 0.0519. The minimum Gasteiger partial charge on any atom is -0.495 e. The van der Waals surface area contributed by atoms with Crippen molar-refractivity contribution in [1.82, 2.24) is 4.98 Å². The molecule has 0 aliphatic carbocycles. The highest BCUT2D eigenvalue weighted by Gasteiger charge is 2.14. The molecule has 0 atom stereocenters. The molecule has 6 nitrogen and oxygen atoms in total. The molecule has 0 aliphatic rings. The number of rotatable bonds is 5. The summed E-state index contributed by atoms with van der Waals surface area (Å²) in [7, 11) is 1.57. The van der Waals surface area contributed by atoms with Crippen LogP contribution in [0.5, 0.6) is 5.75 Å². The summed E-state index contributed by atoms with van der Waals surface area (Å²) < 4.78 is 15.2. The van der Waals surface area contributed by atoms with Crippen LogP contribution in [0, 0.1) is 0 Å². The van der Waals surface area contributed by atoms with Crippen molar-refractivity contribution in [2.45, 2.75) is 6.92 Å². The standard InChI is InChI=1S/C13H14N2O4/c1-3-18-12(16)10-8-19-13(15-10)14-9-6-4-5-7-11(9)17-2/h4-8H,3H2,1-2H3,(H,14,15). The summed E-state index contributed by atoms with van der Waals surface area (Å²) in [5, 5.41) is 2.93. The molecule has 2 rings (SSSR count). The second kappa shape index (κ2) is 5.90. The maximum absolute atomic E-state index is 11.4. The van der Waals surface area contributed by atoms with Crippen LogP contribution < -0.4 is 10.1 Å². The van der Waals surface area contributed by atoms with Crippen LogP contribution in [0.25, 0.3) is 0 Å². The monoisotopic (exact) mass is 262 g/mol. The van der Waals surface area contributed by atoms with E-state index in [1.165, 1.54) is 6.26 Å². The van der Waals surface area contributed by atoms with E-state index in [1.54, 1.807) is 20.1 Å². The fourth-order valence-corrected chi connectivity index (χ4v) is 1.49. The predicted molar refractivity (Wildman–Crippen MR) is 68.7 cm³/mol. The van der Waals surface area contributed by atoms with Crippen molar-refractivity contribution in [3.63, 3.8) is 0 Å². The van der Waals surface area contributed by atoms with E-state index in [4.69, 9.17) is 13.9 Å². The summed E-state index contributed by atoms with van der Waals surface area (Å²) in [6.07, 6.45) is 1.25. The van der Waals surface area contributed by atoms with E-state index in [0.29, 0.717) is 18.0 Å². The van der Waals surface area contributed by atoms with Gasteiger partial charge in [0.15, 0.2) is 5.69 Å². The number of oxazole rings is 1. The normalized spacial score (nSPS) is 10.0. The largest absolute Gasteiger partial charge is 0.495 e. The number of hydrogen-bond acceptors (Lipinski definition) is 6. The van der Waals surface area contributed by atoms with Crippen LogP contribution in [0.4, 0.5) is 11.7 Å². The Balaban J connectivity index is 2.13. The number of benzene rings is 1. The molecule has 0 saturated heterocycles. The predicted octanol–water partition coefficient (Wildman–Crippen LogP) is 2.60. The summed E-state index contributed by atoms with van der Waals surface area (Å²) in [4.78, 5) is 15.4. The summed E-state index contributed by atoms with van der Waals surface area (Å²) in [6.45, 7) is 2.02. The van der Waals surface area contributed by atoms with Gasteiger partial charge in [-0.05, 0) is 19.1 Å². The Morgan fingerprint density at radius 2 is 2.21 bits per heavy atom. The van der Waals surface area contributed by atoms with E-state index in [9.17, 15) is 4.79 Å². The quantitative estimate of drug-likeness (QED) is 0.835. The van der Waals surface area contributed by atoms with Crippen LogP contribution in [0.15, 0.2) is 34.9 Å². The zero-order valence-corrected chi connectivity index (χ0v) is 10.7. The van der Waals surface area contributed by atoms with Gasteiger partial charge in [0.1, 0.15) is 12.0 Å². The number of esters is 1. The van der Waals surface area contributed by atoms with Gasteiger partial charge in [-0.3, -0.25) is 0 Å². The van der Waals surface area contributed by atoms with Gasteiger partial charge in [-0.15, -0.1) is 0 Å². The molecule has 19 heavy (non-hydrogen) atoms. The topological polar surface area (TPSA) is 73.6 Å². The first kappa shape index (κ1) is 12.9. The highest BCUT2D eigenvalue weighted by Crippen LogP contribution is 2.26. The number of para-hydroxylation sites is 2. The molecule has 100 valence electrons. The molecule has 0 radical (unpaired) electrons. The van der Waals surface area contributed by atoms with Crippen LogP contribution >= 0.6 is 0 Å². The third-order valence-electron chi connectivity index (χ3n) is 2.34. The van der Waals surface area contributed by atoms with Gasteiger partial charge in [0.05, 0.1) is 19.4 Å². The highest BCUT2D eigenvalue weighted by atomic mass is 16.5. The van der Waals surface area contributed by atoms with Gasteiger partial charge >= 0.3 is 5.97 Å². The van der Waals surface area contributed by atoms with Crippen LogP contribution in [0.2, 0.25) is 0 Å². The number of nitrogens with one attached hydrogen (secondary N) is 1. The molecular weight excluding hydrogens is 248 g/mol. The average Bonchev–Trinajstić information content (AvgIpc) is 2.88. The van der Waals surface area contributed by atoms with Crippen molar-refractivity contribution >= 4 is 17.7 Å². The van der Waals surface area contributed by atoms with Crippen LogP contribution in [-0.2, 0) is 4.74 Å². The van der Waals surface area contributed by atoms with E-state index >= 15 is 0 Å². The minimum absolute atomic E-state index is 0.124. The van der Waals surface area contributed by atoms with Crippen molar-refractivity contribution < 1.29 is 18.7 Å². The smallest absolute Gasteiger partial charge is 0.360 e. The molecule has 2 aromatic rings. The molecule has 6 heteroatoms. The summed E-state index contributed by atoms with van der Waals surface area (Å²) in [5.74, 6) is 0.137. The number of carbonyl (C=O) groups is 1. The fourth-order valence-electron chi connectivity index (χ4n) is 1.49. The first-order valence-corrected chi connectivity index (χ1v) is 5.77. The molecule has 0 unspecified atom stereocenters. The molecule has 0 fully saturated rings. The van der Waals surface area contributed by atoms with Gasteiger partial charge in [0.25, 0.3) is 6.01 Å². The average molecular weight is 262 g/mol. The first-order valence-electron chi connectivity index (χ1n) is 5.77. The first-order chi connectivity index (χ1) is 9.24. The van der Waals surface area contributed by atoms with Gasteiger partial charge in [0.2, 0.25) is 0 Å². The highest BCUT2D eigenvalue weighted by molar-refractivity contribution is 5.87. The Bertz CT molecular complexity index is 565. The van der Waals surface area contributed by atoms with Crippen molar-refractivity contribution in [3.05, 3.63) is 36.2 Å². The maximum Gasteiger partial charge on any atom is 0.360 e. The second-order valence-corrected chi connectivity index (χ2v) is 3.58. The zero-order valence-electron chi connectivity index (χ0n) is 10.7. The van der Waals surface area contributed by atoms with Gasteiger partial charge in [-0.1, -0.05) is 12.1 Å². The molecular formula is C13H14N2O4. The molecule has 0 spiro atoms. The number of anilines is 2. The van der Waals surface area contributed by atoms with Gasteiger partial charge in [0, 0.05) is 0 Å². The van der Waals surface area contributed by atoms with Crippen molar-refractivity contribution in [2.24, 2.45) is 0 Å². The fraction of sp³-hybridized carbons (Fsp3) is 0.231. The Kier molecular flexibility index (Phi) is 4.02. The number of hydrogen-bond donors (Lipinski definition) is 1. The van der Waals surface area contributed by atoms with Crippen molar-refractivity contribution in [2.75, 3.05) is 19.0 Å². The van der Waals surface area contributed by atoms with Crippen LogP contribution in [0.1, 0.15) is 17.4 Å². The molecule has 0 saturated carbocycles. The number of nitrogens with zero attached hydrogens (tertiary/aromatic N) is 1.